The molecule has 0 atom stereocenters. The molecule has 3 heterocycles. The van der Waals surface area contributed by atoms with Gasteiger partial charge in [-0.2, -0.15) is 4.98 Å². The van der Waals surface area contributed by atoms with Crippen LogP contribution in [0.5, 0.6) is 23.0 Å². The Morgan fingerprint density at radius 3 is 2.50 bits per heavy atom. The van der Waals surface area contributed by atoms with Crippen LogP contribution in [0.3, 0.4) is 0 Å². The van der Waals surface area contributed by atoms with E-state index in [0.29, 0.717) is 6.20 Å². The van der Waals surface area contributed by atoms with Crippen molar-refractivity contribution in [2.24, 2.45) is 0 Å². The summed E-state index contributed by atoms with van der Waals surface area (Å²) in [4.78, 5) is 43.8. The van der Waals surface area contributed by atoms with E-state index < -0.39 is 99.8 Å². The molecule has 1 aliphatic heterocycles. The second kappa shape index (κ2) is 11.1. The van der Waals surface area contributed by atoms with Crippen LogP contribution in [0.25, 0.3) is 0 Å². The number of halogens is 1. The number of anilines is 5. The Hall–Kier alpha value is -4.24. The number of carbonyl (C=O) groups is 1. The maximum atomic E-state index is 14.9. The minimum atomic E-state index is -5.05. The molecule has 1 aliphatic rings. The average Bonchev–Trinajstić information content (AvgIpc) is 2.95. The molecular weight excluding hydrogens is 554 g/mol. The fourth-order valence-electron chi connectivity index (χ4n) is 3.29. The lowest BCUT2D eigenvalue weighted by molar-refractivity contribution is -0.133. The largest absolute Gasteiger partial charge is 0.493 e. The van der Waals surface area contributed by atoms with Gasteiger partial charge >= 0.3 is 7.82 Å². The number of benzene rings is 1. The lowest BCUT2D eigenvalue weighted by Crippen LogP contribution is -2.53. The lowest BCUT2D eigenvalue weighted by atomic mass is 10.1. The van der Waals surface area contributed by atoms with Crippen molar-refractivity contribution < 1.29 is 62.1 Å². The molecule has 40 heavy (non-hydrogen) atoms. The number of rotatable bonds is 10. The lowest BCUT2D eigenvalue weighted by Gasteiger charge is -2.37. The van der Waals surface area contributed by atoms with Crippen LogP contribution >= 0.6 is 7.82 Å². The first-order valence-corrected chi connectivity index (χ1v) is 12.2. The molecule has 0 spiro atoms. The number of amides is 1. The van der Waals surface area contributed by atoms with Gasteiger partial charge in [0.2, 0.25) is 11.7 Å². The molecule has 0 bridgehead atoms. The maximum Gasteiger partial charge on any atom is 0.471 e. The number of phosphoric acid groups is 1. The molecule has 17 heteroatoms. The number of nitrogens with zero attached hydrogens (tertiary/aromatic N) is 4. The smallest absolute Gasteiger partial charge is 0.471 e. The number of pyridine rings is 1. The Labute approximate surface area is 242 Å². The maximum absolute atomic E-state index is 14.9. The summed E-state index contributed by atoms with van der Waals surface area (Å²) in [6.07, 6.45) is 0.602. The van der Waals surface area contributed by atoms with Crippen LogP contribution in [0.1, 0.15) is 28.9 Å². The third-order valence-electron chi connectivity index (χ3n) is 5.00. The summed E-state index contributed by atoms with van der Waals surface area (Å²) in [7, 11) is -15.2. The second-order valence-corrected chi connectivity index (χ2v) is 9.41. The Kier molecular flexibility index (Phi) is 4.84. The van der Waals surface area contributed by atoms with Crippen molar-refractivity contribution in [3.63, 3.8) is 0 Å². The van der Waals surface area contributed by atoms with Gasteiger partial charge in [-0.05, 0) is 26.0 Å². The first kappa shape index (κ1) is 17.5. The number of fused-ring (bicyclic) bond motifs is 1. The van der Waals surface area contributed by atoms with E-state index in [-0.39, 0.29) is 17.4 Å². The van der Waals surface area contributed by atoms with E-state index in [9.17, 15) is 13.8 Å². The SMILES string of the molecule is [2H]c1c(Nc2ncc(F)c(Nc3ccc4c(n3)N(COP(=O)(O)O)C(=O)C(C)(C)O4)n2)c([2H])c(OC([2H])([2H])[2H])c(OC([2H])([2H])[2H])c1OC([2H])([2H])[2H]. The van der Waals surface area contributed by atoms with E-state index in [1.54, 1.807) is 0 Å². The van der Waals surface area contributed by atoms with Gasteiger partial charge in [-0.15, -0.1) is 0 Å². The van der Waals surface area contributed by atoms with E-state index in [2.05, 4.69) is 30.1 Å². The monoisotopic (exact) mass is 591 g/mol. The molecule has 1 amide bonds. The molecule has 214 valence electrons. The number of aromatic nitrogens is 3. The number of ether oxygens (including phenoxy) is 4. The third kappa shape index (κ3) is 6.15. The van der Waals surface area contributed by atoms with Crippen LogP contribution in [0, 0.1) is 5.82 Å². The third-order valence-corrected chi connectivity index (χ3v) is 5.45. The number of phosphoric ester groups is 1. The first-order chi connectivity index (χ1) is 23.1. The topological polar surface area (TPSA) is 187 Å². The van der Waals surface area contributed by atoms with Gasteiger partial charge in [0.25, 0.3) is 5.91 Å². The number of hydrogen-bond acceptors (Lipinski definition) is 12. The van der Waals surface area contributed by atoms with Gasteiger partial charge < -0.3 is 39.4 Å². The normalized spacial score (nSPS) is 19.2. The zero-order valence-corrected chi connectivity index (χ0v) is 21.2. The van der Waals surface area contributed by atoms with Gasteiger partial charge in [-0.3, -0.25) is 14.2 Å². The highest BCUT2D eigenvalue weighted by Gasteiger charge is 2.42. The van der Waals surface area contributed by atoms with E-state index in [4.69, 9.17) is 43.8 Å². The van der Waals surface area contributed by atoms with Crippen LogP contribution in [0.2, 0.25) is 0 Å². The Morgan fingerprint density at radius 1 is 1.15 bits per heavy atom. The van der Waals surface area contributed by atoms with Crippen molar-refractivity contribution in [1.82, 2.24) is 15.0 Å². The number of nitrogens with one attached hydrogen (secondary N) is 2. The second-order valence-electron chi connectivity index (χ2n) is 8.17. The molecule has 0 radical (unpaired) electrons. The van der Waals surface area contributed by atoms with E-state index >= 15 is 0 Å². The molecule has 3 aromatic rings. The quantitative estimate of drug-likeness (QED) is 0.252. The zero-order valence-electron chi connectivity index (χ0n) is 31.3. The van der Waals surface area contributed by atoms with Gasteiger partial charge in [0.05, 0.1) is 42.4 Å². The van der Waals surface area contributed by atoms with Gasteiger partial charge in [-0.25, -0.2) is 18.9 Å². The van der Waals surface area contributed by atoms with Crippen molar-refractivity contribution in [2.75, 3.05) is 43.4 Å². The van der Waals surface area contributed by atoms with Gasteiger partial charge in [0, 0.05) is 17.8 Å². The summed E-state index contributed by atoms with van der Waals surface area (Å²) >= 11 is 0. The summed E-state index contributed by atoms with van der Waals surface area (Å²) < 4.78 is 135. The summed E-state index contributed by atoms with van der Waals surface area (Å²) in [5, 5.41) is 4.81. The fraction of sp³-hybridized carbons (Fsp3) is 0.304. The molecule has 1 aromatic carbocycles. The van der Waals surface area contributed by atoms with Gasteiger partial charge in [0.15, 0.2) is 40.3 Å². The van der Waals surface area contributed by atoms with Gasteiger partial charge in [-0.1, -0.05) is 0 Å². The highest BCUT2D eigenvalue weighted by Crippen LogP contribution is 2.42. The minimum Gasteiger partial charge on any atom is -0.493 e. The molecule has 4 rings (SSSR count). The molecule has 0 saturated heterocycles. The standard InChI is InChI=1S/C23H26FN6O9P/c1-23(2)21(31)30(11-38-40(32,33)34)20-14(39-23)6-7-17(28-20)27-19-13(24)10-25-22(29-19)26-12-8-15(35-3)18(37-5)16(9-12)36-4/h6-10H,11H2,1-5H3,(H2,32,33,34)(H2,25,26,27,28,29)/i3D3,4D3,5D3,8D,9D. The van der Waals surface area contributed by atoms with Crippen molar-refractivity contribution in [2.45, 2.75) is 19.4 Å². The molecule has 15 nitrogen and oxygen atoms in total. The average molecular weight is 592 g/mol. The Morgan fingerprint density at radius 2 is 1.85 bits per heavy atom. The van der Waals surface area contributed by atoms with Crippen molar-refractivity contribution in [3.8, 4) is 23.0 Å². The molecular formula is C23H26FN6O9P. The van der Waals surface area contributed by atoms with Crippen molar-refractivity contribution >= 4 is 42.8 Å². The van der Waals surface area contributed by atoms with Crippen LogP contribution in [0.4, 0.5) is 33.5 Å². The molecule has 0 fully saturated rings. The van der Waals surface area contributed by atoms with Crippen LogP contribution < -0.4 is 34.5 Å². The minimum absolute atomic E-state index is 0.0213. The molecule has 2 aromatic heterocycles. The van der Waals surface area contributed by atoms with E-state index in [1.165, 1.54) is 26.0 Å². The number of carbonyl (C=O) groups excluding carboxylic acids is 1. The molecule has 0 aliphatic carbocycles. The van der Waals surface area contributed by atoms with Crippen LogP contribution in [-0.4, -0.2) is 64.1 Å². The molecule has 4 N–H and O–H groups in total. The van der Waals surface area contributed by atoms with Crippen LogP contribution in [0.15, 0.2) is 30.4 Å². The van der Waals surface area contributed by atoms with Crippen molar-refractivity contribution in [1.29, 1.82) is 0 Å². The highest BCUT2D eigenvalue weighted by atomic mass is 31.2. The zero-order chi connectivity index (χ0) is 38.5. The molecule has 0 unspecified atom stereocenters. The number of hydrogen-bond donors (Lipinski definition) is 4. The summed E-state index contributed by atoms with van der Waals surface area (Å²) in [6.45, 7) is 1.82. The molecule has 0 saturated carbocycles. The number of methoxy groups -OCH3 is 3. The predicted molar refractivity (Wildman–Crippen MR) is 139 cm³/mol. The van der Waals surface area contributed by atoms with Crippen molar-refractivity contribution in [3.05, 3.63) is 36.2 Å². The predicted octanol–water partition coefficient (Wildman–Crippen LogP) is 3.09. The van der Waals surface area contributed by atoms with E-state index in [1.807, 2.05) is 0 Å². The highest BCUT2D eigenvalue weighted by molar-refractivity contribution is 7.46. The van der Waals surface area contributed by atoms with Crippen LogP contribution in [-0.2, 0) is 13.9 Å². The summed E-state index contributed by atoms with van der Waals surface area (Å²) in [6, 6.07) is 0.433. The summed E-state index contributed by atoms with van der Waals surface area (Å²) in [5.74, 6) is -7.25. The Balaban J connectivity index is 1.77. The first-order valence-electron chi connectivity index (χ1n) is 16.2. The summed E-state index contributed by atoms with van der Waals surface area (Å²) in [5.41, 5.74) is -2.30. The van der Waals surface area contributed by atoms with E-state index in [0.717, 1.165) is 4.90 Å². The fourth-order valence-corrected chi connectivity index (χ4v) is 3.56. The van der Waals surface area contributed by atoms with Gasteiger partial charge in [0.1, 0.15) is 12.5 Å². The Bertz CT molecular complexity index is 1850.